The number of nitrogens with one attached hydrogen (secondary N) is 1. The van der Waals surface area contributed by atoms with E-state index in [1.165, 1.54) is 7.11 Å². The average molecular weight is 175 g/mol. The maximum Gasteiger partial charge on any atom is 0.305 e. The minimum atomic E-state index is -0.905. The van der Waals surface area contributed by atoms with E-state index in [2.05, 4.69) is 10.1 Å². The van der Waals surface area contributed by atoms with Gasteiger partial charge in [-0.15, -0.1) is 0 Å². The minimum absolute atomic E-state index is 0.154. The normalized spacial score (nSPS) is 29.8. The zero-order valence-electron chi connectivity index (χ0n) is 7.18. The predicted octanol–water partition coefficient (Wildman–Crippen LogP) is 0.497. The summed E-state index contributed by atoms with van der Waals surface area (Å²) in [6.07, 6.45) is 0.0214. The number of piperidine rings is 1. The van der Waals surface area contributed by atoms with Crippen LogP contribution in [0.4, 0.5) is 4.39 Å². The summed E-state index contributed by atoms with van der Waals surface area (Å²) >= 11 is 0. The van der Waals surface area contributed by atoms with Gasteiger partial charge in [0, 0.05) is 12.5 Å². The van der Waals surface area contributed by atoms with E-state index in [0.717, 1.165) is 13.0 Å². The molecule has 0 amide bonds. The molecule has 1 heterocycles. The SMILES string of the molecule is COC(=O)C[C@H]1CCNC[C@H]1F. The molecule has 1 saturated heterocycles. The second-order valence-corrected chi connectivity index (χ2v) is 3.05. The molecule has 4 heteroatoms. The summed E-state index contributed by atoms with van der Waals surface area (Å²) in [5, 5.41) is 2.93. The van der Waals surface area contributed by atoms with Gasteiger partial charge >= 0.3 is 5.97 Å². The van der Waals surface area contributed by atoms with Crippen LogP contribution in [-0.4, -0.2) is 32.3 Å². The van der Waals surface area contributed by atoms with E-state index in [4.69, 9.17) is 0 Å². The quantitative estimate of drug-likeness (QED) is 0.621. The topological polar surface area (TPSA) is 38.3 Å². The first-order valence-electron chi connectivity index (χ1n) is 4.15. The number of methoxy groups -OCH3 is 1. The third kappa shape index (κ3) is 2.44. The van der Waals surface area contributed by atoms with E-state index < -0.39 is 6.17 Å². The number of halogens is 1. The summed E-state index contributed by atoms with van der Waals surface area (Å²) < 4.78 is 17.5. The molecule has 2 atom stereocenters. The first kappa shape index (κ1) is 9.45. The maximum absolute atomic E-state index is 13.1. The lowest BCUT2D eigenvalue weighted by Gasteiger charge is -2.25. The number of alkyl halides is 1. The highest BCUT2D eigenvalue weighted by Crippen LogP contribution is 2.19. The molecule has 0 saturated carbocycles. The summed E-state index contributed by atoms with van der Waals surface area (Å²) in [6, 6.07) is 0. The van der Waals surface area contributed by atoms with E-state index in [-0.39, 0.29) is 18.3 Å². The molecule has 0 aromatic heterocycles. The van der Waals surface area contributed by atoms with Crippen LogP contribution in [0.2, 0.25) is 0 Å². The zero-order chi connectivity index (χ0) is 8.97. The molecule has 0 spiro atoms. The van der Waals surface area contributed by atoms with Gasteiger partial charge in [0.25, 0.3) is 0 Å². The van der Waals surface area contributed by atoms with Gasteiger partial charge in [-0.2, -0.15) is 0 Å². The van der Waals surface area contributed by atoms with Gasteiger partial charge in [-0.25, -0.2) is 4.39 Å². The van der Waals surface area contributed by atoms with E-state index in [0.29, 0.717) is 6.54 Å². The Bertz CT molecular complexity index is 163. The molecule has 0 unspecified atom stereocenters. The fraction of sp³-hybridized carbons (Fsp3) is 0.875. The van der Waals surface area contributed by atoms with Crippen LogP contribution in [0.25, 0.3) is 0 Å². The van der Waals surface area contributed by atoms with Gasteiger partial charge in [-0.1, -0.05) is 0 Å². The van der Waals surface area contributed by atoms with Gasteiger partial charge in [0.1, 0.15) is 6.17 Å². The molecule has 3 nitrogen and oxygen atoms in total. The van der Waals surface area contributed by atoms with E-state index in [1.807, 2.05) is 0 Å². The van der Waals surface area contributed by atoms with Gasteiger partial charge in [-0.3, -0.25) is 4.79 Å². The minimum Gasteiger partial charge on any atom is -0.469 e. The maximum atomic E-state index is 13.1. The monoisotopic (exact) mass is 175 g/mol. The molecule has 1 rings (SSSR count). The van der Waals surface area contributed by atoms with Crippen LogP contribution < -0.4 is 5.32 Å². The molecule has 0 bridgehead atoms. The molecule has 0 aliphatic carbocycles. The fourth-order valence-corrected chi connectivity index (χ4v) is 1.40. The average Bonchev–Trinajstić information content (AvgIpc) is 2.09. The zero-order valence-corrected chi connectivity index (χ0v) is 7.18. The Morgan fingerprint density at radius 1 is 1.75 bits per heavy atom. The Hall–Kier alpha value is -0.640. The van der Waals surface area contributed by atoms with Crippen molar-refractivity contribution in [1.82, 2.24) is 5.32 Å². The van der Waals surface area contributed by atoms with Gasteiger partial charge in [-0.05, 0) is 13.0 Å². The van der Waals surface area contributed by atoms with Crippen molar-refractivity contribution in [2.45, 2.75) is 19.0 Å². The smallest absolute Gasteiger partial charge is 0.305 e. The van der Waals surface area contributed by atoms with Gasteiger partial charge in [0.2, 0.25) is 0 Å². The van der Waals surface area contributed by atoms with E-state index in [1.54, 1.807) is 0 Å². The number of ether oxygens (including phenoxy) is 1. The highest BCUT2D eigenvalue weighted by Gasteiger charge is 2.26. The summed E-state index contributed by atoms with van der Waals surface area (Å²) in [5.74, 6) is -0.469. The number of carbonyl (C=O) groups is 1. The van der Waals surface area contributed by atoms with Crippen LogP contribution in [-0.2, 0) is 9.53 Å². The molecule has 1 aliphatic rings. The summed E-state index contributed by atoms with van der Waals surface area (Å²) in [4.78, 5) is 10.8. The number of carbonyl (C=O) groups excluding carboxylic acids is 1. The number of hydrogen-bond donors (Lipinski definition) is 1. The molecule has 12 heavy (non-hydrogen) atoms. The predicted molar refractivity (Wildman–Crippen MR) is 42.5 cm³/mol. The molecule has 0 aromatic carbocycles. The van der Waals surface area contributed by atoms with Crippen LogP contribution in [0.3, 0.4) is 0 Å². The first-order chi connectivity index (χ1) is 5.74. The van der Waals surface area contributed by atoms with Crippen molar-refractivity contribution >= 4 is 5.97 Å². The fourth-order valence-electron chi connectivity index (χ4n) is 1.40. The number of rotatable bonds is 2. The molecule has 0 aromatic rings. The van der Waals surface area contributed by atoms with Crippen molar-refractivity contribution in [3.05, 3.63) is 0 Å². The standard InChI is InChI=1S/C8H14FNO2/c1-12-8(11)4-6-2-3-10-5-7(6)9/h6-7,10H,2-5H2,1H3/t6-,7-/m1/s1. The lowest BCUT2D eigenvalue weighted by molar-refractivity contribution is -0.142. The molecule has 70 valence electrons. The van der Waals surface area contributed by atoms with Gasteiger partial charge in [0.15, 0.2) is 0 Å². The Kier molecular flexibility index (Phi) is 3.47. The van der Waals surface area contributed by atoms with Crippen molar-refractivity contribution in [1.29, 1.82) is 0 Å². The lowest BCUT2D eigenvalue weighted by Crippen LogP contribution is -2.39. The molecular formula is C8H14FNO2. The molecule has 1 aliphatic heterocycles. The third-order valence-corrected chi connectivity index (χ3v) is 2.20. The van der Waals surface area contributed by atoms with E-state index >= 15 is 0 Å². The number of esters is 1. The van der Waals surface area contributed by atoms with Crippen molar-refractivity contribution in [2.75, 3.05) is 20.2 Å². The van der Waals surface area contributed by atoms with Crippen molar-refractivity contribution in [3.8, 4) is 0 Å². The van der Waals surface area contributed by atoms with Crippen molar-refractivity contribution < 1.29 is 13.9 Å². The number of hydrogen-bond acceptors (Lipinski definition) is 3. The molecule has 1 N–H and O–H groups in total. The Morgan fingerprint density at radius 3 is 3.08 bits per heavy atom. The Balaban J connectivity index is 2.33. The van der Waals surface area contributed by atoms with Gasteiger partial charge < -0.3 is 10.1 Å². The lowest BCUT2D eigenvalue weighted by atomic mass is 9.93. The summed E-state index contributed by atoms with van der Waals surface area (Å²) in [6.45, 7) is 1.16. The third-order valence-electron chi connectivity index (χ3n) is 2.20. The van der Waals surface area contributed by atoms with Crippen LogP contribution in [0, 0.1) is 5.92 Å². The second-order valence-electron chi connectivity index (χ2n) is 3.05. The van der Waals surface area contributed by atoms with E-state index in [9.17, 15) is 9.18 Å². The Morgan fingerprint density at radius 2 is 2.50 bits per heavy atom. The second kappa shape index (κ2) is 4.40. The van der Waals surface area contributed by atoms with Crippen LogP contribution in [0.5, 0.6) is 0 Å². The van der Waals surface area contributed by atoms with Gasteiger partial charge in [0.05, 0.1) is 13.5 Å². The first-order valence-corrected chi connectivity index (χ1v) is 4.15. The Labute approximate surface area is 71.3 Å². The molecule has 1 fully saturated rings. The highest BCUT2D eigenvalue weighted by atomic mass is 19.1. The van der Waals surface area contributed by atoms with Crippen LogP contribution >= 0.6 is 0 Å². The highest BCUT2D eigenvalue weighted by molar-refractivity contribution is 5.69. The van der Waals surface area contributed by atoms with Crippen molar-refractivity contribution in [3.63, 3.8) is 0 Å². The summed E-state index contributed by atoms with van der Waals surface area (Å²) in [5.41, 5.74) is 0. The largest absolute Gasteiger partial charge is 0.469 e. The van der Waals surface area contributed by atoms with Crippen LogP contribution in [0.1, 0.15) is 12.8 Å². The molecule has 0 radical (unpaired) electrons. The summed E-state index contributed by atoms with van der Waals surface area (Å²) in [7, 11) is 1.33. The molecular weight excluding hydrogens is 161 g/mol. The van der Waals surface area contributed by atoms with Crippen molar-refractivity contribution in [2.24, 2.45) is 5.92 Å². The van der Waals surface area contributed by atoms with Crippen LogP contribution in [0.15, 0.2) is 0 Å².